The quantitative estimate of drug-likeness (QED) is 0.390. The highest BCUT2D eigenvalue weighted by Crippen LogP contribution is 2.36. The standard InChI is InChI=1S/C28H24N6OS2/c1-18(31-16-21-17-37-27(32-21)20-8-6-5-7-9-20)23(14-29)26-33-28(36-4)24(15-30)25(34(26)2)19-10-12-22(35-3)13-11-19/h5-13,17,31H,1,16H2,2-4H3/b26-23-. The van der Waals surface area contributed by atoms with E-state index < -0.39 is 0 Å². The van der Waals surface area contributed by atoms with Gasteiger partial charge in [0.1, 0.15) is 39.1 Å². The van der Waals surface area contributed by atoms with Crippen LogP contribution < -0.4 is 10.1 Å². The van der Waals surface area contributed by atoms with Gasteiger partial charge in [0.2, 0.25) is 0 Å². The summed E-state index contributed by atoms with van der Waals surface area (Å²) in [6, 6.07) is 22.0. The maximum absolute atomic E-state index is 10.1. The third kappa shape index (κ3) is 5.44. The lowest BCUT2D eigenvalue weighted by Gasteiger charge is -2.30. The zero-order valence-electron chi connectivity index (χ0n) is 20.6. The maximum atomic E-state index is 10.1. The summed E-state index contributed by atoms with van der Waals surface area (Å²) in [6.07, 6.45) is 1.86. The number of nitrogens with one attached hydrogen (secondary N) is 1. The minimum atomic E-state index is 0.288. The molecule has 0 radical (unpaired) electrons. The molecule has 7 nitrogen and oxygen atoms in total. The zero-order valence-corrected chi connectivity index (χ0v) is 22.3. The number of hydrogen-bond donors (Lipinski definition) is 1. The monoisotopic (exact) mass is 524 g/mol. The molecule has 0 atom stereocenters. The van der Waals surface area contributed by atoms with Gasteiger partial charge in [0.15, 0.2) is 5.82 Å². The second kappa shape index (κ2) is 11.6. The van der Waals surface area contributed by atoms with Gasteiger partial charge < -0.3 is 15.0 Å². The van der Waals surface area contributed by atoms with Crippen LogP contribution in [0, 0.1) is 22.7 Å². The molecule has 0 saturated carbocycles. The van der Waals surface area contributed by atoms with Crippen LogP contribution in [0.3, 0.4) is 0 Å². The van der Waals surface area contributed by atoms with Gasteiger partial charge in [0.05, 0.1) is 25.0 Å². The second-order valence-corrected chi connectivity index (χ2v) is 9.55. The van der Waals surface area contributed by atoms with E-state index in [0.29, 0.717) is 40.1 Å². The second-order valence-electron chi connectivity index (χ2n) is 7.90. The smallest absolute Gasteiger partial charge is 0.154 e. The number of rotatable bonds is 7. The Morgan fingerprint density at radius 3 is 2.49 bits per heavy atom. The van der Waals surface area contributed by atoms with E-state index in [1.807, 2.05) is 66.2 Å². The minimum absolute atomic E-state index is 0.288. The fourth-order valence-electron chi connectivity index (χ4n) is 3.80. The summed E-state index contributed by atoms with van der Waals surface area (Å²) in [5.74, 6) is 1.13. The molecule has 0 saturated heterocycles. The molecule has 3 aromatic rings. The summed E-state index contributed by atoms with van der Waals surface area (Å²) in [6.45, 7) is 4.52. The number of ether oxygens (including phenoxy) is 1. The topological polar surface area (TPSA) is 97.3 Å². The molecule has 2 aromatic carbocycles. The van der Waals surface area contributed by atoms with Crippen molar-refractivity contribution in [3.05, 3.63) is 100 Å². The molecule has 0 aliphatic carbocycles. The van der Waals surface area contributed by atoms with Crippen molar-refractivity contribution in [3.8, 4) is 28.5 Å². The van der Waals surface area contributed by atoms with Gasteiger partial charge in [0, 0.05) is 23.7 Å². The first kappa shape index (κ1) is 25.8. The average Bonchev–Trinajstić information content (AvgIpc) is 3.42. The molecule has 37 heavy (non-hydrogen) atoms. The maximum Gasteiger partial charge on any atom is 0.154 e. The van der Waals surface area contributed by atoms with Gasteiger partial charge in [-0.15, -0.1) is 23.1 Å². The lowest BCUT2D eigenvalue weighted by atomic mass is 10.0. The lowest BCUT2D eigenvalue weighted by molar-refractivity contribution is 0.414. The summed E-state index contributed by atoms with van der Waals surface area (Å²) < 4.78 is 5.28. The Hall–Kier alpha value is -4.31. The molecule has 9 heteroatoms. The van der Waals surface area contributed by atoms with Crippen LogP contribution in [0.5, 0.6) is 5.75 Å². The summed E-state index contributed by atoms with van der Waals surface area (Å²) in [5.41, 5.74) is 4.54. The van der Waals surface area contributed by atoms with Crippen LogP contribution in [0.2, 0.25) is 0 Å². The van der Waals surface area contributed by atoms with E-state index in [-0.39, 0.29) is 5.57 Å². The fourth-order valence-corrected chi connectivity index (χ4v) is 5.15. The Morgan fingerprint density at radius 2 is 1.86 bits per heavy atom. The molecule has 0 fully saturated rings. The van der Waals surface area contributed by atoms with Crippen molar-refractivity contribution in [2.24, 2.45) is 4.99 Å². The van der Waals surface area contributed by atoms with Crippen molar-refractivity contribution in [1.29, 1.82) is 10.5 Å². The number of aromatic nitrogens is 1. The van der Waals surface area contributed by atoms with Crippen LogP contribution in [0.15, 0.2) is 94.2 Å². The number of nitrogens with zero attached hydrogens (tertiary/aromatic N) is 5. The largest absolute Gasteiger partial charge is 0.497 e. The van der Waals surface area contributed by atoms with Crippen molar-refractivity contribution in [2.45, 2.75) is 6.54 Å². The van der Waals surface area contributed by atoms with Crippen LogP contribution in [0.1, 0.15) is 11.3 Å². The molecule has 0 amide bonds. The molecule has 184 valence electrons. The first-order valence-electron chi connectivity index (χ1n) is 11.2. The molecule has 1 N–H and O–H groups in total. The summed E-state index contributed by atoms with van der Waals surface area (Å²) in [4.78, 5) is 11.1. The molecule has 2 heterocycles. The number of nitriles is 2. The highest BCUT2D eigenvalue weighted by molar-refractivity contribution is 8.13. The highest BCUT2D eigenvalue weighted by Gasteiger charge is 2.28. The van der Waals surface area contributed by atoms with Crippen LogP contribution in [0.25, 0.3) is 16.3 Å². The van der Waals surface area contributed by atoms with Gasteiger partial charge in [-0.1, -0.05) is 36.9 Å². The van der Waals surface area contributed by atoms with Crippen LogP contribution in [-0.4, -0.2) is 35.3 Å². The van der Waals surface area contributed by atoms with Gasteiger partial charge in [0.25, 0.3) is 0 Å². The van der Waals surface area contributed by atoms with Gasteiger partial charge >= 0.3 is 0 Å². The van der Waals surface area contributed by atoms with Crippen LogP contribution in [-0.2, 0) is 6.54 Å². The molecule has 1 aromatic heterocycles. The van der Waals surface area contributed by atoms with Gasteiger partial charge in [-0.25, -0.2) is 9.98 Å². The van der Waals surface area contributed by atoms with E-state index in [4.69, 9.17) is 9.72 Å². The number of allylic oxidation sites excluding steroid dienone is 1. The third-order valence-electron chi connectivity index (χ3n) is 5.67. The summed E-state index contributed by atoms with van der Waals surface area (Å²) >= 11 is 2.92. The normalized spacial score (nSPS) is 14.4. The Morgan fingerprint density at radius 1 is 1.14 bits per heavy atom. The summed E-state index contributed by atoms with van der Waals surface area (Å²) in [5, 5.41) is 26.7. The van der Waals surface area contributed by atoms with Crippen molar-refractivity contribution in [3.63, 3.8) is 0 Å². The first-order valence-corrected chi connectivity index (χ1v) is 13.3. The summed E-state index contributed by atoms with van der Waals surface area (Å²) in [7, 11) is 3.40. The van der Waals surface area contributed by atoms with Crippen molar-refractivity contribution in [2.75, 3.05) is 20.4 Å². The predicted octanol–water partition coefficient (Wildman–Crippen LogP) is 5.80. The zero-order chi connectivity index (χ0) is 26.4. The fraction of sp³-hybridized carbons (Fsp3) is 0.143. The number of hydrogen-bond acceptors (Lipinski definition) is 9. The first-order chi connectivity index (χ1) is 18.0. The van der Waals surface area contributed by atoms with Crippen LogP contribution >= 0.6 is 23.1 Å². The SMILES string of the molecule is C=C(NCc1csc(-c2ccccc2)n1)/C(C#N)=C1/N=C(SC)C(C#N)=C(c2ccc(OC)cc2)N1C. The number of thioether (sulfide) groups is 1. The lowest BCUT2D eigenvalue weighted by Crippen LogP contribution is -2.26. The molecule has 0 bridgehead atoms. The van der Waals surface area contributed by atoms with E-state index in [1.54, 1.807) is 30.4 Å². The van der Waals surface area contributed by atoms with Gasteiger partial charge in [-0.05, 0) is 36.1 Å². The minimum Gasteiger partial charge on any atom is -0.497 e. The molecular formula is C28H24N6OS2. The molecule has 1 aliphatic rings. The molecule has 0 unspecified atom stereocenters. The Kier molecular flexibility index (Phi) is 8.09. The third-order valence-corrected chi connectivity index (χ3v) is 7.29. The predicted molar refractivity (Wildman–Crippen MR) is 150 cm³/mol. The van der Waals surface area contributed by atoms with Crippen molar-refractivity contribution in [1.82, 2.24) is 15.2 Å². The Labute approximate surface area is 224 Å². The molecule has 1 aliphatic heterocycles. The Bertz CT molecular complexity index is 1490. The number of aliphatic imine (C=N–C) groups is 1. The van der Waals surface area contributed by atoms with E-state index in [0.717, 1.165) is 21.8 Å². The number of benzene rings is 2. The van der Waals surface area contributed by atoms with Gasteiger partial charge in [-0.3, -0.25) is 0 Å². The van der Waals surface area contributed by atoms with Crippen molar-refractivity contribution < 1.29 is 4.74 Å². The highest BCUT2D eigenvalue weighted by atomic mass is 32.2. The number of methoxy groups -OCH3 is 1. The van der Waals surface area contributed by atoms with E-state index in [9.17, 15) is 10.5 Å². The van der Waals surface area contributed by atoms with E-state index >= 15 is 0 Å². The molecule has 4 rings (SSSR count). The van der Waals surface area contributed by atoms with E-state index in [1.165, 1.54) is 11.8 Å². The Balaban J connectivity index is 1.63. The average molecular weight is 525 g/mol. The number of thiazole rings is 1. The molecular weight excluding hydrogens is 500 g/mol. The molecule has 0 spiro atoms. The van der Waals surface area contributed by atoms with Crippen LogP contribution in [0.4, 0.5) is 0 Å². The van der Waals surface area contributed by atoms with E-state index in [2.05, 4.69) is 29.0 Å². The van der Waals surface area contributed by atoms with Gasteiger partial charge in [-0.2, -0.15) is 10.5 Å². The van der Waals surface area contributed by atoms with Crippen molar-refractivity contribution >= 4 is 33.8 Å².